The van der Waals surface area contributed by atoms with Crippen molar-refractivity contribution >= 4 is 0 Å². The van der Waals surface area contributed by atoms with E-state index >= 15 is 0 Å². The van der Waals surface area contributed by atoms with Crippen molar-refractivity contribution in [3.63, 3.8) is 0 Å². The zero-order valence-corrected chi connectivity index (χ0v) is 8.62. The molecule has 1 aromatic rings. The fourth-order valence-electron chi connectivity index (χ4n) is 2.28. The first-order valence-corrected chi connectivity index (χ1v) is 5.01. The highest BCUT2D eigenvalue weighted by Gasteiger charge is 2.42. The highest BCUT2D eigenvalue weighted by Crippen LogP contribution is 2.41. The maximum atomic E-state index is 10.3. The number of aryl methyl sites for hydroxylation is 1. The molecule has 0 aliphatic heterocycles. The summed E-state index contributed by atoms with van der Waals surface area (Å²) in [5, 5.41) is 19.6. The third kappa shape index (κ3) is 1.18. The molecule has 14 heavy (non-hydrogen) atoms. The van der Waals surface area contributed by atoms with Crippen LogP contribution in [0.25, 0.3) is 0 Å². The first-order chi connectivity index (χ1) is 6.58. The second kappa shape index (κ2) is 3.07. The predicted molar refractivity (Wildman–Crippen MR) is 55.0 cm³/mol. The summed E-state index contributed by atoms with van der Waals surface area (Å²) in [6.45, 7) is 3.79. The summed E-state index contributed by atoms with van der Waals surface area (Å²) >= 11 is 0. The molecular formula is C12H16O2. The summed E-state index contributed by atoms with van der Waals surface area (Å²) in [4.78, 5) is 0. The van der Waals surface area contributed by atoms with E-state index in [9.17, 15) is 10.2 Å². The van der Waals surface area contributed by atoms with Crippen LogP contribution in [0.2, 0.25) is 0 Å². The number of hydrogen-bond acceptors (Lipinski definition) is 2. The van der Waals surface area contributed by atoms with Crippen molar-refractivity contribution in [2.45, 2.75) is 25.9 Å². The lowest BCUT2D eigenvalue weighted by Crippen LogP contribution is -2.33. The highest BCUT2D eigenvalue weighted by molar-refractivity contribution is 5.41. The predicted octanol–water partition coefficient (Wildman–Crippen LogP) is 1.37. The summed E-state index contributed by atoms with van der Waals surface area (Å²) in [6.07, 6.45) is 0.854. The van der Waals surface area contributed by atoms with E-state index in [2.05, 4.69) is 12.1 Å². The van der Waals surface area contributed by atoms with E-state index in [1.165, 1.54) is 5.56 Å². The van der Waals surface area contributed by atoms with E-state index in [4.69, 9.17) is 0 Å². The van der Waals surface area contributed by atoms with Gasteiger partial charge in [-0.1, -0.05) is 30.7 Å². The fraction of sp³-hybridized carbons (Fsp3) is 0.500. The molecule has 0 heterocycles. The van der Waals surface area contributed by atoms with Crippen molar-refractivity contribution in [3.05, 3.63) is 34.9 Å². The number of rotatable bonds is 1. The summed E-state index contributed by atoms with van der Waals surface area (Å²) in [7, 11) is 0. The highest BCUT2D eigenvalue weighted by atomic mass is 16.3. The molecule has 0 saturated heterocycles. The van der Waals surface area contributed by atoms with Gasteiger partial charge in [-0.2, -0.15) is 0 Å². The molecule has 1 aliphatic carbocycles. The molecule has 76 valence electrons. The van der Waals surface area contributed by atoms with Crippen molar-refractivity contribution in [1.82, 2.24) is 0 Å². The molecule has 0 amide bonds. The number of fused-ring (bicyclic) bond motifs is 1. The topological polar surface area (TPSA) is 40.5 Å². The standard InChI is InChI=1S/C12H16O2/c1-8-3-4-10-6-9(2)12(14,7-13)11(10)5-8/h3-5,9,13-14H,6-7H2,1-2H3. The Balaban J connectivity index is 2.55. The van der Waals surface area contributed by atoms with E-state index in [0.29, 0.717) is 0 Å². The van der Waals surface area contributed by atoms with Gasteiger partial charge in [0, 0.05) is 0 Å². The van der Waals surface area contributed by atoms with E-state index < -0.39 is 5.60 Å². The van der Waals surface area contributed by atoms with E-state index in [0.717, 1.165) is 17.5 Å². The monoisotopic (exact) mass is 192 g/mol. The molecule has 1 aliphatic rings. The number of aliphatic hydroxyl groups is 2. The summed E-state index contributed by atoms with van der Waals surface area (Å²) in [5.74, 6) is 0.101. The second-order valence-corrected chi connectivity index (χ2v) is 4.35. The SMILES string of the molecule is Cc1ccc2c(c1)C(O)(CO)C(C)C2. The number of hydrogen-bond donors (Lipinski definition) is 2. The lowest BCUT2D eigenvalue weighted by atomic mass is 9.89. The Bertz CT molecular complexity index is 359. The Morgan fingerprint density at radius 3 is 2.86 bits per heavy atom. The molecule has 2 rings (SSSR count). The molecular weight excluding hydrogens is 176 g/mol. The van der Waals surface area contributed by atoms with Crippen LogP contribution in [0.4, 0.5) is 0 Å². The Morgan fingerprint density at radius 1 is 1.50 bits per heavy atom. The third-order valence-electron chi connectivity index (χ3n) is 3.31. The maximum Gasteiger partial charge on any atom is 0.116 e. The molecule has 0 fully saturated rings. The molecule has 0 spiro atoms. The van der Waals surface area contributed by atoms with Crippen molar-refractivity contribution in [2.24, 2.45) is 5.92 Å². The molecule has 0 saturated carbocycles. The van der Waals surface area contributed by atoms with Gasteiger partial charge in [0.15, 0.2) is 0 Å². The summed E-state index contributed by atoms with van der Waals surface area (Å²) in [6, 6.07) is 6.08. The van der Waals surface area contributed by atoms with Crippen molar-refractivity contribution < 1.29 is 10.2 Å². The zero-order chi connectivity index (χ0) is 10.3. The van der Waals surface area contributed by atoms with Crippen LogP contribution in [0.5, 0.6) is 0 Å². The first kappa shape index (κ1) is 9.69. The van der Waals surface area contributed by atoms with Crippen LogP contribution < -0.4 is 0 Å². The second-order valence-electron chi connectivity index (χ2n) is 4.35. The van der Waals surface area contributed by atoms with Gasteiger partial charge in [-0.25, -0.2) is 0 Å². The van der Waals surface area contributed by atoms with E-state index in [1.807, 2.05) is 19.9 Å². The molecule has 2 atom stereocenters. The Hall–Kier alpha value is -0.860. The summed E-state index contributed by atoms with van der Waals surface area (Å²) < 4.78 is 0. The Kier molecular flexibility index (Phi) is 2.13. The summed E-state index contributed by atoms with van der Waals surface area (Å²) in [5.41, 5.74) is 2.18. The molecule has 2 unspecified atom stereocenters. The minimum atomic E-state index is -1.03. The average molecular weight is 192 g/mol. The van der Waals surface area contributed by atoms with Crippen LogP contribution in [-0.2, 0) is 12.0 Å². The van der Waals surface area contributed by atoms with Gasteiger partial charge in [-0.05, 0) is 30.4 Å². The minimum absolute atomic E-state index is 0.101. The third-order valence-corrected chi connectivity index (χ3v) is 3.31. The molecule has 1 aromatic carbocycles. The zero-order valence-electron chi connectivity index (χ0n) is 8.62. The smallest absolute Gasteiger partial charge is 0.116 e. The minimum Gasteiger partial charge on any atom is -0.393 e. The van der Waals surface area contributed by atoms with Gasteiger partial charge in [0.1, 0.15) is 5.60 Å². The van der Waals surface area contributed by atoms with Gasteiger partial charge >= 0.3 is 0 Å². The molecule has 0 aromatic heterocycles. The quantitative estimate of drug-likeness (QED) is 0.705. The lowest BCUT2D eigenvalue weighted by Gasteiger charge is -2.26. The number of benzene rings is 1. The average Bonchev–Trinajstić information content (AvgIpc) is 2.41. The van der Waals surface area contributed by atoms with Gasteiger partial charge in [-0.15, -0.1) is 0 Å². The molecule has 2 N–H and O–H groups in total. The van der Waals surface area contributed by atoms with Crippen molar-refractivity contribution in [1.29, 1.82) is 0 Å². The number of aliphatic hydroxyl groups excluding tert-OH is 1. The first-order valence-electron chi connectivity index (χ1n) is 5.01. The largest absolute Gasteiger partial charge is 0.393 e. The molecule has 0 radical (unpaired) electrons. The van der Waals surface area contributed by atoms with Gasteiger partial charge in [0.25, 0.3) is 0 Å². The normalized spacial score (nSPS) is 30.4. The van der Waals surface area contributed by atoms with E-state index in [-0.39, 0.29) is 12.5 Å². The maximum absolute atomic E-state index is 10.3. The van der Waals surface area contributed by atoms with Crippen molar-refractivity contribution in [2.75, 3.05) is 6.61 Å². The lowest BCUT2D eigenvalue weighted by molar-refractivity contribution is -0.0516. The Morgan fingerprint density at radius 2 is 2.21 bits per heavy atom. The van der Waals surface area contributed by atoms with Crippen LogP contribution in [0, 0.1) is 12.8 Å². The van der Waals surface area contributed by atoms with Gasteiger partial charge in [0.05, 0.1) is 6.61 Å². The van der Waals surface area contributed by atoms with Crippen molar-refractivity contribution in [3.8, 4) is 0 Å². The van der Waals surface area contributed by atoms with Crippen LogP contribution in [0.15, 0.2) is 18.2 Å². The van der Waals surface area contributed by atoms with Gasteiger partial charge in [0.2, 0.25) is 0 Å². The van der Waals surface area contributed by atoms with E-state index in [1.54, 1.807) is 0 Å². The van der Waals surface area contributed by atoms with Crippen LogP contribution in [-0.4, -0.2) is 16.8 Å². The fourth-order valence-corrected chi connectivity index (χ4v) is 2.28. The Labute approximate surface area is 84.2 Å². The van der Waals surface area contributed by atoms with Gasteiger partial charge in [-0.3, -0.25) is 0 Å². The van der Waals surface area contributed by atoms with Crippen LogP contribution in [0.1, 0.15) is 23.6 Å². The molecule has 0 bridgehead atoms. The molecule has 2 heteroatoms. The van der Waals surface area contributed by atoms with Gasteiger partial charge < -0.3 is 10.2 Å². The molecule has 2 nitrogen and oxygen atoms in total. The van der Waals surface area contributed by atoms with Crippen LogP contribution in [0.3, 0.4) is 0 Å². The van der Waals surface area contributed by atoms with Crippen LogP contribution >= 0.6 is 0 Å².